The summed E-state index contributed by atoms with van der Waals surface area (Å²) in [5.74, 6) is 0. The van der Waals surface area contributed by atoms with E-state index in [0.29, 0.717) is 0 Å². The van der Waals surface area contributed by atoms with Gasteiger partial charge in [0.25, 0.3) is 0 Å². The van der Waals surface area contributed by atoms with E-state index in [1.807, 2.05) is 30.3 Å². The van der Waals surface area contributed by atoms with Crippen LogP contribution in [0.2, 0.25) is 0 Å². The minimum Gasteiger partial charge on any atom is -0.357 e. The van der Waals surface area contributed by atoms with E-state index in [1.54, 1.807) is 0 Å². The Labute approximate surface area is 133 Å². The van der Waals surface area contributed by atoms with E-state index in [1.165, 1.54) is 31.4 Å². The van der Waals surface area contributed by atoms with Crippen LogP contribution in [-0.4, -0.2) is 17.5 Å². The molecule has 1 aliphatic carbocycles. The summed E-state index contributed by atoms with van der Waals surface area (Å²) in [6.45, 7) is 5.78. The van der Waals surface area contributed by atoms with Crippen molar-refractivity contribution in [1.82, 2.24) is 4.90 Å². The van der Waals surface area contributed by atoms with Gasteiger partial charge in [-0.05, 0) is 25.4 Å². The van der Waals surface area contributed by atoms with Crippen LogP contribution in [0.5, 0.6) is 0 Å². The van der Waals surface area contributed by atoms with E-state index in [2.05, 4.69) is 48.7 Å². The van der Waals surface area contributed by atoms with E-state index in [-0.39, 0.29) is 17.1 Å². The number of nitrogens with zero attached hydrogens (tertiary/aromatic N) is 1. The third-order valence-corrected chi connectivity index (χ3v) is 3.56. The zero-order valence-electron chi connectivity index (χ0n) is 12.1. The van der Waals surface area contributed by atoms with Crippen LogP contribution in [0.3, 0.4) is 0 Å². The second kappa shape index (κ2) is 9.77. The van der Waals surface area contributed by atoms with Crippen LogP contribution in [-0.2, 0) is 17.1 Å². The summed E-state index contributed by atoms with van der Waals surface area (Å²) in [6, 6.07) is 10.7. The maximum absolute atomic E-state index is 2.45. The fraction of sp³-hybridized carbons (Fsp3) is 0.333. The zero-order chi connectivity index (χ0) is 13.3. The molecule has 108 valence electrons. The first-order valence-electron chi connectivity index (χ1n) is 7.18. The SMILES string of the molecule is CC1CCCCN1[CH-]C=C1C=CC=C1.[Fe+2].c1cc[cH-]c1. The van der Waals surface area contributed by atoms with Crippen molar-refractivity contribution >= 4 is 0 Å². The third kappa shape index (κ3) is 5.92. The zero-order valence-corrected chi connectivity index (χ0v) is 13.2. The van der Waals surface area contributed by atoms with Crippen molar-refractivity contribution < 1.29 is 17.1 Å². The smallest absolute Gasteiger partial charge is 0.357 e. The molecule has 1 unspecified atom stereocenters. The summed E-state index contributed by atoms with van der Waals surface area (Å²) in [4.78, 5) is 2.45. The van der Waals surface area contributed by atoms with Gasteiger partial charge in [-0.3, -0.25) is 0 Å². The normalized spacial score (nSPS) is 20.9. The van der Waals surface area contributed by atoms with Gasteiger partial charge in [0.1, 0.15) is 0 Å². The molecule has 1 heterocycles. The molecule has 20 heavy (non-hydrogen) atoms. The molecular formula is C18H23FeN. The Morgan fingerprint density at radius 3 is 2.45 bits per heavy atom. The number of hydrogen-bond donors (Lipinski definition) is 0. The first-order chi connectivity index (χ1) is 9.36. The Bertz CT molecular complexity index is 397. The molecule has 1 nitrogen and oxygen atoms in total. The second-order valence-electron chi connectivity index (χ2n) is 5.08. The van der Waals surface area contributed by atoms with E-state index < -0.39 is 0 Å². The molecule has 3 rings (SSSR count). The van der Waals surface area contributed by atoms with Gasteiger partial charge in [0.2, 0.25) is 0 Å². The molecule has 1 aromatic carbocycles. The fourth-order valence-corrected chi connectivity index (χ4v) is 2.34. The van der Waals surface area contributed by atoms with Gasteiger partial charge in [-0.2, -0.15) is 30.3 Å². The summed E-state index contributed by atoms with van der Waals surface area (Å²) in [7, 11) is 0. The average Bonchev–Trinajstić information content (AvgIpc) is 3.14. The Balaban J connectivity index is 0.000000283. The molecule has 0 amide bonds. The minimum atomic E-state index is 0. The molecule has 1 atom stereocenters. The van der Waals surface area contributed by atoms with Gasteiger partial charge in [0.15, 0.2) is 0 Å². The van der Waals surface area contributed by atoms with Crippen molar-refractivity contribution in [2.24, 2.45) is 0 Å². The molecule has 0 N–H and O–H groups in total. The molecule has 0 radical (unpaired) electrons. The summed E-state index contributed by atoms with van der Waals surface area (Å²) in [5.41, 5.74) is 1.31. The summed E-state index contributed by atoms with van der Waals surface area (Å²) < 4.78 is 0. The van der Waals surface area contributed by atoms with Crippen molar-refractivity contribution in [1.29, 1.82) is 0 Å². The van der Waals surface area contributed by atoms with Crippen LogP contribution in [0.4, 0.5) is 0 Å². The van der Waals surface area contributed by atoms with Gasteiger partial charge in [-0.25, -0.2) is 18.2 Å². The van der Waals surface area contributed by atoms with Crippen molar-refractivity contribution in [3.8, 4) is 0 Å². The molecule has 2 heteroatoms. The second-order valence-corrected chi connectivity index (χ2v) is 5.08. The Hall–Kier alpha value is -1.08. The largest absolute Gasteiger partial charge is 2.00 e. The maximum atomic E-state index is 2.45. The van der Waals surface area contributed by atoms with Crippen molar-refractivity contribution in [3.63, 3.8) is 0 Å². The topological polar surface area (TPSA) is 3.24 Å². The minimum absolute atomic E-state index is 0. The standard InChI is InChI=1S/C13H18N.C5H5.Fe/c1-12-6-4-5-10-14(12)11-9-13-7-2-3-8-13;1-2-4-5-3-1;/h2-3,7-9,11-12H,4-6,10H2,1H3;1-5H;/q2*-1;+2. The van der Waals surface area contributed by atoms with Crippen LogP contribution < -0.4 is 0 Å². The van der Waals surface area contributed by atoms with Crippen LogP contribution >= 0.6 is 0 Å². The average molecular weight is 309 g/mol. The van der Waals surface area contributed by atoms with Crippen molar-refractivity contribution in [2.45, 2.75) is 32.2 Å². The van der Waals surface area contributed by atoms with Gasteiger partial charge in [-0.1, -0.05) is 25.5 Å². The Morgan fingerprint density at radius 1 is 1.20 bits per heavy atom. The first-order valence-corrected chi connectivity index (χ1v) is 7.18. The van der Waals surface area contributed by atoms with Crippen LogP contribution in [0.25, 0.3) is 0 Å². The van der Waals surface area contributed by atoms with Gasteiger partial charge >= 0.3 is 17.1 Å². The first kappa shape index (κ1) is 17.0. The Morgan fingerprint density at radius 2 is 1.90 bits per heavy atom. The molecule has 1 saturated heterocycles. The molecule has 0 spiro atoms. The molecule has 0 saturated carbocycles. The van der Waals surface area contributed by atoms with E-state index >= 15 is 0 Å². The van der Waals surface area contributed by atoms with Gasteiger partial charge in [-0.15, -0.1) is 12.2 Å². The molecule has 1 fully saturated rings. The predicted molar refractivity (Wildman–Crippen MR) is 82.7 cm³/mol. The van der Waals surface area contributed by atoms with Crippen LogP contribution in [0, 0.1) is 6.54 Å². The van der Waals surface area contributed by atoms with Crippen LogP contribution in [0.15, 0.2) is 66.3 Å². The van der Waals surface area contributed by atoms with Gasteiger partial charge in [0.05, 0.1) is 0 Å². The molecular weight excluding hydrogens is 286 g/mol. The quantitative estimate of drug-likeness (QED) is 0.575. The van der Waals surface area contributed by atoms with E-state index in [0.717, 1.165) is 6.04 Å². The summed E-state index contributed by atoms with van der Waals surface area (Å²) >= 11 is 0. The summed E-state index contributed by atoms with van der Waals surface area (Å²) in [5, 5.41) is 0. The van der Waals surface area contributed by atoms with Gasteiger partial charge < -0.3 is 4.90 Å². The number of allylic oxidation sites excluding steroid dienone is 5. The number of likely N-dealkylation sites (tertiary alicyclic amines) is 1. The van der Waals surface area contributed by atoms with Crippen molar-refractivity contribution in [3.05, 3.63) is 72.8 Å². The number of piperidine rings is 1. The predicted octanol–water partition coefficient (Wildman–Crippen LogP) is 4.48. The molecule has 1 aromatic rings. The van der Waals surface area contributed by atoms with E-state index in [4.69, 9.17) is 0 Å². The van der Waals surface area contributed by atoms with Gasteiger partial charge in [0, 0.05) is 0 Å². The molecule has 0 bridgehead atoms. The summed E-state index contributed by atoms with van der Waals surface area (Å²) in [6.07, 6.45) is 14.7. The third-order valence-electron chi connectivity index (χ3n) is 3.56. The van der Waals surface area contributed by atoms with Crippen molar-refractivity contribution in [2.75, 3.05) is 6.54 Å². The van der Waals surface area contributed by atoms with Crippen LogP contribution in [0.1, 0.15) is 26.2 Å². The number of hydrogen-bond acceptors (Lipinski definition) is 1. The fourth-order valence-electron chi connectivity index (χ4n) is 2.34. The monoisotopic (exact) mass is 309 g/mol. The Kier molecular flexibility index (Phi) is 8.29. The van der Waals surface area contributed by atoms with E-state index in [9.17, 15) is 0 Å². The maximum Gasteiger partial charge on any atom is 2.00 e. The molecule has 1 aliphatic heterocycles. The molecule has 0 aromatic heterocycles. The number of rotatable bonds is 2. The molecule has 2 aliphatic rings.